The maximum Gasteiger partial charge on any atom is 0.241 e. The lowest BCUT2D eigenvalue weighted by atomic mass is 10.2. The van der Waals surface area contributed by atoms with Gasteiger partial charge in [0.1, 0.15) is 23.6 Å². The van der Waals surface area contributed by atoms with E-state index < -0.39 is 17.0 Å². The predicted molar refractivity (Wildman–Crippen MR) is 72.0 cm³/mol. The average Bonchev–Trinajstić information content (AvgIpc) is 2.71. The van der Waals surface area contributed by atoms with Crippen molar-refractivity contribution in [3.05, 3.63) is 35.4 Å². The molecule has 0 aliphatic carbocycles. The van der Waals surface area contributed by atoms with Crippen LogP contribution in [0.3, 0.4) is 0 Å². The van der Waals surface area contributed by atoms with Gasteiger partial charge in [0, 0.05) is 25.7 Å². The van der Waals surface area contributed by atoms with E-state index in [-0.39, 0.29) is 29.7 Å². The fraction of sp³-hybridized carbons (Fsp3) is 0.385. The van der Waals surface area contributed by atoms with Crippen molar-refractivity contribution in [1.29, 1.82) is 0 Å². The Labute approximate surface area is 119 Å². The van der Waals surface area contributed by atoms with E-state index in [1.54, 1.807) is 14.1 Å². The fourth-order valence-corrected chi connectivity index (χ4v) is 3.08. The summed E-state index contributed by atoms with van der Waals surface area (Å²) in [5.41, 5.74) is 0.216. The van der Waals surface area contributed by atoms with E-state index in [2.05, 4.69) is 0 Å². The molecule has 1 aliphatic rings. The second kappa shape index (κ2) is 5.78. The third-order valence-corrected chi connectivity index (χ3v) is 4.24. The summed E-state index contributed by atoms with van der Waals surface area (Å²) < 4.78 is 26.7. The number of hydrogen-bond donors (Lipinski definition) is 0. The summed E-state index contributed by atoms with van der Waals surface area (Å²) in [7, 11) is 3.17. The van der Waals surface area contributed by atoms with Gasteiger partial charge in [-0.15, -0.1) is 11.8 Å². The molecule has 1 aliphatic heterocycles. The largest absolute Gasteiger partial charge is 0.347 e. The van der Waals surface area contributed by atoms with Crippen LogP contribution in [0.4, 0.5) is 8.78 Å². The zero-order valence-electron chi connectivity index (χ0n) is 11.1. The molecule has 0 radical (unpaired) electrons. The molecule has 1 fully saturated rings. The lowest BCUT2D eigenvalue weighted by molar-refractivity contribution is -0.137. The quantitative estimate of drug-likeness (QED) is 0.852. The molecule has 0 saturated carbocycles. The Morgan fingerprint density at radius 1 is 1.45 bits per heavy atom. The number of nitrogens with zero attached hydrogens (tertiary/aromatic N) is 2. The number of carbonyl (C=O) groups excluding carboxylic acids is 2. The monoisotopic (exact) mass is 300 g/mol. The standard InChI is InChI=1S/C13H14F2N2O2S/c1-16(2)11(18)6-17-12(19)7-20-13(17)9-4-3-8(14)5-10(9)15/h3-5,13H,6-7H2,1-2H3/t13-/m1/s1. The smallest absolute Gasteiger partial charge is 0.241 e. The first-order chi connectivity index (χ1) is 9.40. The highest BCUT2D eigenvalue weighted by Crippen LogP contribution is 2.39. The molecule has 0 aromatic heterocycles. The Morgan fingerprint density at radius 2 is 2.15 bits per heavy atom. The highest BCUT2D eigenvalue weighted by atomic mass is 32.2. The molecule has 0 N–H and O–H groups in total. The number of amides is 2. The van der Waals surface area contributed by atoms with Crippen molar-refractivity contribution in [3.8, 4) is 0 Å². The Bertz CT molecular complexity index is 551. The molecule has 2 amide bonds. The third-order valence-electron chi connectivity index (χ3n) is 3.00. The topological polar surface area (TPSA) is 40.6 Å². The van der Waals surface area contributed by atoms with Gasteiger partial charge in [0.25, 0.3) is 0 Å². The van der Waals surface area contributed by atoms with Crippen LogP contribution < -0.4 is 0 Å². The summed E-state index contributed by atoms with van der Waals surface area (Å²) >= 11 is 1.23. The molecular weight excluding hydrogens is 286 g/mol. The fourth-order valence-electron chi connectivity index (χ4n) is 1.87. The van der Waals surface area contributed by atoms with Gasteiger partial charge in [-0.2, -0.15) is 0 Å². The molecule has 20 heavy (non-hydrogen) atoms. The summed E-state index contributed by atoms with van der Waals surface area (Å²) in [6.07, 6.45) is 0. The molecule has 0 bridgehead atoms. The number of rotatable bonds is 3. The minimum Gasteiger partial charge on any atom is -0.347 e. The SMILES string of the molecule is CN(C)C(=O)CN1C(=O)CS[C@@H]1c1ccc(F)cc1F. The minimum absolute atomic E-state index is 0.111. The molecule has 4 nitrogen and oxygen atoms in total. The summed E-state index contributed by atoms with van der Waals surface area (Å²) in [5, 5.41) is -0.591. The second-order valence-electron chi connectivity index (χ2n) is 4.64. The molecule has 7 heteroatoms. The molecule has 1 aromatic rings. The minimum atomic E-state index is -0.709. The van der Waals surface area contributed by atoms with Crippen molar-refractivity contribution in [3.63, 3.8) is 0 Å². The van der Waals surface area contributed by atoms with Gasteiger partial charge in [-0.25, -0.2) is 8.78 Å². The summed E-state index contributed by atoms with van der Waals surface area (Å²) in [5.74, 6) is -1.66. The van der Waals surface area contributed by atoms with E-state index in [0.717, 1.165) is 12.1 Å². The van der Waals surface area contributed by atoms with Crippen molar-refractivity contribution in [1.82, 2.24) is 9.80 Å². The van der Waals surface area contributed by atoms with Crippen molar-refractivity contribution in [2.75, 3.05) is 26.4 Å². The van der Waals surface area contributed by atoms with Gasteiger partial charge >= 0.3 is 0 Å². The molecule has 1 saturated heterocycles. The Morgan fingerprint density at radius 3 is 2.75 bits per heavy atom. The van der Waals surface area contributed by atoms with Crippen molar-refractivity contribution in [2.24, 2.45) is 0 Å². The number of hydrogen-bond acceptors (Lipinski definition) is 3. The van der Waals surface area contributed by atoms with E-state index in [9.17, 15) is 18.4 Å². The highest BCUT2D eigenvalue weighted by molar-refractivity contribution is 8.00. The van der Waals surface area contributed by atoms with Gasteiger partial charge in [-0.05, 0) is 6.07 Å². The lowest BCUT2D eigenvalue weighted by Gasteiger charge is -2.25. The predicted octanol–water partition coefficient (Wildman–Crippen LogP) is 1.63. The van der Waals surface area contributed by atoms with Crippen LogP contribution in [0.2, 0.25) is 0 Å². The maximum absolute atomic E-state index is 13.8. The Balaban J connectivity index is 2.25. The van der Waals surface area contributed by atoms with Crippen LogP contribution >= 0.6 is 11.8 Å². The van der Waals surface area contributed by atoms with Gasteiger partial charge in [-0.1, -0.05) is 6.07 Å². The van der Waals surface area contributed by atoms with E-state index >= 15 is 0 Å². The van der Waals surface area contributed by atoms with Crippen LogP contribution in [0.25, 0.3) is 0 Å². The van der Waals surface area contributed by atoms with E-state index in [4.69, 9.17) is 0 Å². The first-order valence-corrected chi connectivity index (χ1v) is 7.01. The first kappa shape index (κ1) is 14.8. The number of halogens is 2. The van der Waals surface area contributed by atoms with Gasteiger partial charge in [0.2, 0.25) is 11.8 Å². The molecule has 0 unspecified atom stereocenters. The number of likely N-dealkylation sites (N-methyl/N-ethyl adjacent to an activating group) is 1. The summed E-state index contributed by atoms with van der Waals surface area (Å²) in [4.78, 5) is 26.3. The zero-order valence-corrected chi connectivity index (χ0v) is 11.9. The Kier molecular flexibility index (Phi) is 4.27. The third kappa shape index (κ3) is 2.92. The maximum atomic E-state index is 13.8. The Hall–Kier alpha value is -1.63. The molecule has 1 heterocycles. The van der Waals surface area contributed by atoms with Crippen molar-refractivity contribution in [2.45, 2.75) is 5.37 Å². The molecule has 1 atom stereocenters. The average molecular weight is 300 g/mol. The zero-order chi connectivity index (χ0) is 14.9. The highest BCUT2D eigenvalue weighted by Gasteiger charge is 2.35. The van der Waals surface area contributed by atoms with Crippen LogP contribution in [0.15, 0.2) is 18.2 Å². The van der Waals surface area contributed by atoms with Crippen LogP contribution in [0.5, 0.6) is 0 Å². The van der Waals surface area contributed by atoms with Crippen molar-refractivity contribution >= 4 is 23.6 Å². The van der Waals surface area contributed by atoms with E-state index in [1.807, 2.05) is 0 Å². The molecule has 108 valence electrons. The van der Waals surface area contributed by atoms with Gasteiger partial charge in [0.05, 0.1) is 5.75 Å². The van der Waals surface area contributed by atoms with Gasteiger partial charge < -0.3 is 9.80 Å². The lowest BCUT2D eigenvalue weighted by Crippen LogP contribution is -2.38. The molecule has 2 rings (SSSR count). The van der Waals surface area contributed by atoms with E-state index in [0.29, 0.717) is 0 Å². The molecule has 1 aromatic carbocycles. The van der Waals surface area contributed by atoms with Crippen LogP contribution in [-0.4, -0.2) is 48.0 Å². The number of thioether (sulfide) groups is 1. The van der Waals surface area contributed by atoms with Crippen LogP contribution in [0.1, 0.15) is 10.9 Å². The number of carbonyl (C=O) groups is 2. The summed E-state index contributed by atoms with van der Waals surface area (Å²) in [6.45, 7) is -0.111. The van der Waals surface area contributed by atoms with Crippen LogP contribution in [-0.2, 0) is 9.59 Å². The van der Waals surface area contributed by atoms with Crippen LogP contribution in [0, 0.1) is 11.6 Å². The molecular formula is C13H14F2N2O2S. The van der Waals surface area contributed by atoms with E-state index in [1.165, 1.54) is 27.6 Å². The first-order valence-electron chi connectivity index (χ1n) is 5.96. The molecule has 0 spiro atoms. The second-order valence-corrected chi connectivity index (χ2v) is 5.71. The normalized spacial score (nSPS) is 18.5. The number of benzene rings is 1. The van der Waals surface area contributed by atoms with Gasteiger partial charge in [0.15, 0.2) is 0 Å². The summed E-state index contributed by atoms with van der Waals surface area (Å²) in [6, 6.07) is 3.24. The van der Waals surface area contributed by atoms with Crippen molar-refractivity contribution < 1.29 is 18.4 Å². The van der Waals surface area contributed by atoms with Gasteiger partial charge in [-0.3, -0.25) is 9.59 Å².